The van der Waals surface area contributed by atoms with Crippen molar-refractivity contribution in [2.24, 2.45) is 0 Å². The highest BCUT2D eigenvalue weighted by Crippen LogP contribution is 2.13. The van der Waals surface area contributed by atoms with Gasteiger partial charge in [-0.05, 0) is 37.8 Å². The summed E-state index contributed by atoms with van der Waals surface area (Å²) in [5.74, 6) is 1.54. The average molecular weight is 327 g/mol. The van der Waals surface area contributed by atoms with Crippen LogP contribution in [0.5, 0.6) is 0 Å². The standard InChI is InChI=1S/C20H25NOS/c1-16-6-3-8-18(12-16)10-5-11-21-20(22)15-23-14-19-9-4-7-17(2)13-19/h3-4,6-9,12-13H,5,10-11,14-15H2,1-2H3,(H,21,22). The Balaban J connectivity index is 1.58. The minimum Gasteiger partial charge on any atom is -0.355 e. The molecule has 0 fully saturated rings. The van der Waals surface area contributed by atoms with Gasteiger partial charge >= 0.3 is 0 Å². The average Bonchev–Trinajstić information content (AvgIpc) is 2.52. The first-order chi connectivity index (χ1) is 11.1. The molecule has 2 nitrogen and oxygen atoms in total. The molecule has 0 saturated heterocycles. The minimum atomic E-state index is 0.131. The maximum Gasteiger partial charge on any atom is 0.230 e. The van der Waals surface area contributed by atoms with Crippen LogP contribution >= 0.6 is 11.8 Å². The molecule has 0 heterocycles. The maximum atomic E-state index is 11.8. The minimum absolute atomic E-state index is 0.131. The second-order valence-electron chi connectivity index (χ2n) is 5.92. The van der Waals surface area contributed by atoms with E-state index in [0.717, 1.165) is 25.1 Å². The number of carbonyl (C=O) groups is 1. The van der Waals surface area contributed by atoms with E-state index in [1.165, 1.54) is 22.3 Å². The summed E-state index contributed by atoms with van der Waals surface area (Å²) in [5, 5.41) is 3.01. The lowest BCUT2D eigenvalue weighted by atomic mass is 10.1. The molecule has 3 heteroatoms. The lowest BCUT2D eigenvalue weighted by Crippen LogP contribution is -2.26. The van der Waals surface area contributed by atoms with Crippen LogP contribution in [-0.2, 0) is 17.0 Å². The Labute approximate surface area is 143 Å². The summed E-state index contributed by atoms with van der Waals surface area (Å²) in [6.07, 6.45) is 2.00. The molecule has 0 bridgehead atoms. The normalized spacial score (nSPS) is 10.5. The van der Waals surface area contributed by atoms with Crippen LogP contribution in [0.15, 0.2) is 48.5 Å². The Morgan fingerprint density at radius 1 is 1.00 bits per heavy atom. The van der Waals surface area contributed by atoms with Gasteiger partial charge in [-0.15, -0.1) is 11.8 Å². The quantitative estimate of drug-likeness (QED) is 0.733. The Kier molecular flexibility index (Phi) is 7.21. The first-order valence-electron chi connectivity index (χ1n) is 8.09. The van der Waals surface area contributed by atoms with E-state index in [1.54, 1.807) is 11.8 Å². The molecule has 0 spiro atoms. The number of thioether (sulfide) groups is 1. The summed E-state index contributed by atoms with van der Waals surface area (Å²) in [5.41, 5.74) is 5.18. The first kappa shape index (κ1) is 17.6. The largest absolute Gasteiger partial charge is 0.355 e. The molecule has 0 unspecified atom stereocenters. The van der Waals surface area contributed by atoms with Crippen molar-refractivity contribution < 1.29 is 4.79 Å². The number of benzene rings is 2. The summed E-state index contributed by atoms with van der Waals surface area (Å²) >= 11 is 1.67. The van der Waals surface area contributed by atoms with Gasteiger partial charge in [-0.25, -0.2) is 0 Å². The van der Waals surface area contributed by atoms with Crippen molar-refractivity contribution in [3.8, 4) is 0 Å². The highest BCUT2D eigenvalue weighted by molar-refractivity contribution is 7.99. The predicted octanol–water partition coefficient (Wildman–Crippen LogP) is 4.29. The first-order valence-corrected chi connectivity index (χ1v) is 9.24. The van der Waals surface area contributed by atoms with E-state index in [0.29, 0.717) is 5.75 Å². The lowest BCUT2D eigenvalue weighted by Gasteiger charge is -2.06. The van der Waals surface area contributed by atoms with Crippen LogP contribution in [-0.4, -0.2) is 18.2 Å². The summed E-state index contributed by atoms with van der Waals surface area (Å²) in [7, 11) is 0. The molecule has 1 N–H and O–H groups in total. The number of nitrogens with one attached hydrogen (secondary N) is 1. The number of aryl methyl sites for hydroxylation is 3. The summed E-state index contributed by atoms with van der Waals surface area (Å²) in [4.78, 5) is 11.8. The fourth-order valence-electron chi connectivity index (χ4n) is 2.50. The molecular formula is C20H25NOS. The molecule has 0 aliphatic carbocycles. The van der Waals surface area contributed by atoms with E-state index in [2.05, 4.69) is 67.7 Å². The molecule has 23 heavy (non-hydrogen) atoms. The number of hydrogen-bond donors (Lipinski definition) is 1. The fraction of sp³-hybridized carbons (Fsp3) is 0.350. The van der Waals surface area contributed by atoms with Crippen LogP contribution < -0.4 is 5.32 Å². The van der Waals surface area contributed by atoms with Crippen LogP contribution in [0.25, 0.3) is 0 Å². The molecule has 1 amide bonds. The zero-order valence-corrected chi connectivity index (χ0v) is 14.8. The van der Waals surface area contributed by atoms with Crippen molar-refractivity contribution in [1.82, 2.24) is 5.32 Å². The summed E-state index contributed by atoms with van der Waals surface area (Å²) < 4.78 is 0. The van der Waals surface area contributed by atoms with E-state index >= 15 is 0 Å². The van der Waals surface area contributed by atoms with Gasteiger partial charge in [0.15, 0.2) is 0 Å². The van der Waals surface area contributed by atoms with Crippen molar-refractivity contribution in [2.45, 2.75) is 32.4 Å². The zero-order chi connectivity index (χ0) is 16.5. The smallest absolute Gasteiger partial charge is 0.230 e. The van der Waals surface area contributed by atoms with E-state index in [9.17, 15) is 4.79 Å². The van der Waals surface area contributed by atoms with Crippen molar-refractivity contribution in [1.29, 1.82) is 0 Å². The second kappa shape index (κ2) is 9.41. The van der Waals surface area contributed by atoms with Crippen molar-refractivity contribution in [2.75, 3.05) is 12.3 Å². The molecule has 2 aromatic rings. The highest BCUT2D eigenvalue weighted by atomic mass is 32.2. The van der Waals surface area contributed by atoms with Gasteiger partial charge in [-0.3, -0.25) is 4.79 Å². The number of amides is 1. The molecule has 0 aromatic heterocycles. The number of rotatable bonds is 8. The van der Waals surface area contributed by atoms with Gasteiger partial charge in [0.2, 0.25) is 5.91 Å². The van der Waals surface area contributed by atoms with Gasteiger partial charge in [0.25, 0.3) is 0 Å². The van der Waals surface area contributed by atoms with Crippen molar-refractivity contribution in [3.05, 3.63) is 70.8 Å². The lowest BCUT2D eigenvalue weighted by molar-refractivity contribution is -0.118. The van der Waals surface area contributed by atoms with E-state index in [4.69, 9.17) is 0 Å². The molecule has 0 aliphatic heterocycles. The summed E-state index contributed by atoms with van der Waals surface area (Å²) in [6.45, 7) is 4.95. The Hall–Kier alpha value is -1.74. The van der Waals surface area contributed by atoms with Crippen molar-refractivity contribution >= 4 is 17.7 Å². The van der Waals surface area contributed by atoms with Crippen LogP contribution in [0.1, 0.15) is 28.7 Å². The Bertz CT molecular complexity index is 639. The second-order valence-corrected chi connectivity index (χ2v) is 6.91. The predicted molar refractivity (Wildman–Crippen MR) is 99.9 cm³/mol. The van der Waals surface area contributed by atoms with Gasteiger partial charge in [0.05, 0.1) is 5.75 Å². The SMILES string of the molecule is Cc1cccc(CCCNC(=O)CSCc2cccc(C)c2)c1. The molecule has 0 atom stereocenters. The van der Waals surface area contributed by atoms with Gasteiger partial charge < -0.3 is 5.32 Å². The number of carbonyl (C=O) groups excluding carboxylic acids is 1. The molecule has 2 aromatic carbocycles. The third-order valence-electron chi connectivity index (χ3n) is 3.63. The third kappa shape index (κ3) is 6.91. The van der Waals surface area contributed by atoms with Crippen LogP contribution in [0.3, 0.4) is 0 Å². The molecule has 122 valence electrons. The van der Waals surface area contributed by atoms with E-state index in [-0.39, 0.29) is 5.91 Å². The van der Waals surface area contributed by atoms with Crippen LogP contribution in [0.2, 0.25) is 0 Å². The van der Waals surface area contributed by atoms with E-state index < -0.39 is 0 Å². The molecule has 2 rings (SSSR count). The zero-order valence-electron chi connectivity index (χ0n) is 14.0. The van der Waals surface area contributed by atoms with Gasteiger partial charge in [0, 0.05) is 12.3 Å². The van der Waals surface area contributed by atoms with Gasteiger partial charge in [-0.1, -0.05) is 59.7 Å². The van der Waals surface area contributed by atoms with E-state index in [1.807, 2.05) is 0 Å². The molecule has 0 aliphatic rings. The molecule has 0 saturated carbocycles. The van der Waals surface area contributed by atoms with Gasteiger partial charge in [-0.2, -0.15) is 0 Å². The Morgan fingerprint density at radius 3 is 2.35 bits per heavy atom. The van der Waals surface area contributed by atoms with Crippen LogP contribution in [0, 0.1) is 13.8 Å². The van der Waals surface area contributed by atoms with Crippen molar-refractivity contribution in [3.63, 3.8) is 0 Å². The monoisotopic (exact) mass is 327 g/mol. The molecule has 0 radical (unpaired) electrons. The summed E-state index contributed by atoms with van der Waals surface area (Å²) in [6, 6.07) is 17.0. The topological polar surface area (TPSA) is 29.1 Å². The fourth-order valence-corrected chi connectivity index (χ4v) is 3.31. The number of hydrogen-bond acceptors (Lipinski definition) is 2. The Morgan fingerprint density at radius 2 is 1.65 bits per heavy atom. The maximum absolute atomic E-state index is 11.8. The van der Waals surface area contributed by atoms with Crippen LogP contribution in [0.4, 0.5) is 0 Å². The van der Waals surface area contributed by atoms with Gasteiger partial charge in [0.1, 0.15) is 0 Å². The third-order valence-corrected chi connectivity index (χ3v) is 4.64. The highest BCUT2D eigenvalue weighted by Gasteiger charge is 2.02. The molecular weight excluding hydrogens is 302 g/mol.